The van der Waals surface area contributed by atoms with Crippen molar-refractivity contribution in [3.63, 3.8) is 0 Å². The number of aliphatic hydroxyl groups is 1. The number of aliphatic hydroxyl groups excluding tert-OH is 1. The van der Waals surface area contributed by atoms with Crippen molar-refractivity contribution in [3.8, 4) is 5.75 Å². The number of rotatable bonds is 5. The monoisotopic (exact) mass is 402 g/mol. The average molecular weight is 403 g/mol. The highest BCUT2D eigenvalue weighted by Gasteiger charge is 2.27. The van der Waals surface area contributed by atoms with Crippen LogP contribution in [0.15, 0.2) is 42.5 Å². The Morgan fingerprint density at radius 3 is 2.68 bits per heavy atom. The molecule has 2 aromatic carbocycles. The third-order valence-electron chi connectivity index (χ3n) is 5.44. The van der Waals surface area contributed by atoms with Crippen LogP contribution in [0.1, 0.15) is 49.0 Å². The molecule has 0 spiro atoms. The van der Waals surface area contributed by atoms with E-state index in [0.29, 0.717) is 19.4 Å². The van der Waals surface area contributed by atoms with Gasteiger partial charge in [0.1, 0.15) is 11.9 Å². The summed E-state index contributed by atoms with van der Waals surface area (Å²) < 4.78 is 17.3. The first-order chi connectivity index (χ1) is 13.6. The minimum absolute atomic E-state index is 0.0608. The van der Waals surface area contributed by atoms with Crippen LogP contribution in [-0.4, -0.2) is 36.6 Å². The molecule has 0 aromatic heterocycles. The van der Waals surface area contributed by atoms with E-state index in [-0.39, 0.29) is 24.4 Å². The molecule has 2 aliphatic rings. The van der Waals surface area contributed by atoms with E-state index in [1.54, 1.807) is 0 Å². The zero-order chi connectivity index (χ0) is 19.5. The number of halogens is 1. The third kappa shape index (κ3) is 4.87. The van der Waals surface area contributed by atoms with Crippen LogP contribution in [0, 0.1) is 0 Å². The van der Waals surface area contributed by atoms with Gasteiger partial charge in [-0.15, -0.1) is 0 Å². The predicted octanol–water partition coefficient (Wildman–Crippen LogP) is 4.70. The minimum atomic E-state index is -0.314. The standard InChI is InChI=1S/C23H27ClO4/c1-15-10-19(25)13-23(27-15)17-4-7-22(24)18(12-17)11-16-2-5-20(6-3-16)28-21-8-9-26-14-21/h2-7,12,15,19,21,23,25H,8-11,13-14H2,1H3/t15-,19+,21?,23-/m1/s1. The van der Waals surface area contributed by atoms with Crippen molar-refractivity contribution in [2.75, 3.05) is 13.2 Å². The van der Waals surface area contributed by atoms with Gasteiger partial charge in [-0.1, -0.05) is 35.9 Å². The highest BCUT2D eigenvalue weighted by atomic mass is 35.5. The highest BCUT2D eigenvalue weighted by Crippen LogP contribution is 2.33. The fourth-order valence-corrected chi connectivity index (χ4v) is 4.15. The van der Waals surface area contributed by atoms with E-state index in [0.717, 1.165) is 41.3 Å². The van der Waals surface area contributed by atoms with Crippen LogP contribution < -0.4 is 4.74 Å². The highest BCUT2D eigenvalue weighted by molar-refractivity contribution is 6.31. The summed E-state index contributed by atoms with van der Waals surface area (Å²) in [6, 6.07) is 14.2. The van der Waals surface area contributed by atoms with Crippen molar-refractivity contribution in [1.29, 1.82) is 0 Å². The molecule has 1 unspecified atom stereocenters. The summed E-state index contributed by atoms with van der Waals surface area (Å²) in [5, 5.41) is 10.8. The summed E-state index contributed by atoms with van der Waals surface area (Å²) in [4.78, 5) is 0. The maximum absolute atomic E-state index is 10.1. The number of ether oxygens (including phenoxy) is 3. The minimum Gasteiger partial charge on any atom is -0.488 e. The van der Waals surface area contributed by atoms with Gasteiger partial charge in [-0.3, -0.25) is 0 Å². The molecule has 28 heavy (non-hydrogen) atoms. The second-order valence-electron chi connectivity index (χ2n) is 7.84. The molecule has 0 saturated carbocycles. The molecule has 4 nitrogen and oxygen atoms in total. The Labute approximate surface area is 171 Å². The van der Waals surface area contributed by atoms with Crippen LogP contribution in [0.4, 0.5) is 0 Å². The largest absolute Gasteiger partial charge is 0.488 e. The molecule has 4 atom stereocenters. The van der Waals surface area contributed by atoms with Crippen LogP contribution >= 0.6 is 11.6 Å². The molecule has 1 N–H and O–H groups in total. The van der Waals surface area contributed by atoms with Crippen molar-refractivity contribution in [3.05, 3.63) is 64.2 Å². The van der Waals surface area contributed by atoms with Gasteiger partial charge in [0, 0.05) is 17.9 Å². The Bertz CT molecular complexity index is 776. The fraction of sp³-hybridized carbons (Fsp3) is 0.478. The first-order valence-corrected chi connectivity index (χ1v) is 10.4. The maximum atomic E-state index is 10.1. The molecule has 2 aromatic rings. The zero-order valence-corrected chi connectivity index (χ0v) is 16.9. The summed E-state index contributed by atoms with van der Waals surface area (Å²) >= 11 is 6.46. The number of hydrogen-bond donors (Lipinski definition) is 1. The lowest BCUT2D eigenvalue weighted by Gasteiger charge is -2.31. The molecule has 2 fully saturated rings. The molecule has 2 heterocycles. The predicted molar refractivity (Wildman–Crippen MR) is 109 cm³/mol. The van der Waals surface area contributed by atoms with E-state index < -0.39 is 0 Å². The van der Waals surface area contributed by atoms with Gasteiger partial charge in [-0.2, -0.15) is 0 Å². The molecule has 0 aliphatic carbocycles. The van der Waals surface area contributed by atoms with E-state index in [4.69, 9.17) is 25.8 Å². The molecule has 5 heteroatoms. The van der Waals surface area contributed by atoms with Gasteiger partial charge in [0.05, 0.1) is 31.5 Å². The summed E-state index contributed by atoms with van der Waals surface area (Å²) in [7, 11) is 0. The van der Waals surface area contributed by atoms with Crippen LogP contribution in [0.2, 0.25) is 5.02 Å². The first kappa shape index (κ1) is 19.7. The van der Waals surface area contributed by atoms with Gasteiger partial charge in [-0.05, 0) is 54.7 Å². The normalized spacial score (nSPS) is 27.7. The lowest BCUT2D eigenvalue weighted by atomic mass is 9.94. The zero-order valence-electron chi connectivity index (χ0n) is 16.1. The molecule has 150 valence electrons. The molecule has 2 aliphatic heterocycles. The summed E-state index contributed by atoms with van der Waals surface area (Å²) in [5.74, 6) is 0.873. The topological polar surface area (TPSA) is 47.9 Å². The Hall–Kier alpha value is -1.59. The molecule has 0 bridgehead atoms. The second-order valence-corrected chi connectivity index (χ2v) is 8.24. The lowest BCUT2D eigenvalue weighted by Crippen LogP contribution is -2.29. The van der Waals surface area contributed by atoms with Gasteiger partial charge < -0.3 is 19.3 Å². The summed E-state index contributed by atoms with van der Waals surface area (Å²) in [6.45, 7) is 3.45. The SMILES string of the molecule is C[C@@H]1C[C@H](O)C[C@H](c2ccc(Cl)c(Cc3ccc(OC4CCOC4)cc3)c2)O1. The second kappa shape index (κ2) is 8.83. The Kier molecular flexibility index (Phi) is 6.22. The fourth-order valence-electron chi connectivity index (χ4n) is 3.97. The van der Waals surface area contributed by atoms with E-state index in [1.165, 1.54) is 5.56 Å². The Morgan fingerprint density at radius 2 is 1.96 bits per heavy atom. The van der Waals surface area contributed by atoms with Crippen LogP contribution in [0.3, 0.4) is 0 Å². The Morgan fingerprint density at radius 1 is 1.14 bits per heavy atom. The number of benzene rings is 2. The van der Waals surface area contributed by atoms with E-state index in [9.17, 15) is 5.11 Å². The van der Waals surface area contributed by atoms with Crippen molar-refractivity contribution < 1.29 is 19.3 Å². The molecular formula is C23H27ClO4. The molecule has 2 saturated heterocycles. The van der Waals surface area contributed by atoms with E-state index in [1.807, 2.05) is 31.2 Å². The quantitative estimate of drug-likeness (QED) is 0.787. The van der Waals surface area contributed by atoms with Crippen molar-refractivity contribution in [1.82, 2.24) is 0 Å². The Balaban J connectivity index is 1.45. The summed E-state index contributed by atoms with van der Waals surface area (Å²) in [6.07, 6.45) is 2.83. The summed E-state index contributed by atoms with van der Waals surface area (Å²) in [5.41, 5.74) is 3.31. The molecule has 4 rings (SSSR count). The van der Waals surface area contributed by atoms with Crippen molar-refractivity contribution in [2.45, 2.75) is 57.0 Å². The van der Waals surface area contributed by atoms with Crippen LogP contribution in [0.25, 0.3) is 0 Å². The molecule has 0 amide bonds. The van der Waals surface area contributed by atoms with Crippen LogP contribution in [0.5, 0.6) is 5.75 Å². The van der Waals surface area contributed by atoms with Gasteiger partial charge in [-0.25, -0.2) is 0 Å². The van der Waals surface area contributed by atoms with Gasteiger partial charge in [0.25, 0.3) is 0 Å². The van der Waals surface area contributed by atoms with Gasteiger partial charge in [0.15, 0.2) is 0 Å². The van der Waals surface area contributed by atoms with Gasteiger partial charge in [0.2, 0.25) is 0 Å². The van der Waals surface area contributed by atoms with Gasteiger partial charge >= 0.3 is 0 Å². The molecular weight excluding hydrogens is 376 g/mol. The average Bonchev–Trinajstić information content (AvgIpc) is 3.17. The maximum Gasteiger partial charge on any atom is 0.124 e. The smallest absolute Gasteiger partial charge is 0.124 e. The van der Waals surface area contributed by atoms with Crippen molar-refractivity contribution >= 4 is 11.6 Å². The third-order valence-corrected chi connectivity index (χ3v) is 5.81. The van der Waals surface area contributed by atoms with E-state index in [2.05, 4.69) is 18.2 Å². The van der Waals surface area contributed by atoms with Crippen molar-refractivity contribution in [2.24, 2.45) is 0 Å². The first-order valence-electron chi connectivity index (χ1n) is 10.0. The van der Waals surface area contributed by atoms with E-state index >= 15 is 0 Å². The molecule has 0 radical (unpaired) electrons. The lowest BCUT2D eigenvalue weighted by molar-refractivity contribution is -0.0895. The number of hydrogen-bond acceptors (Lipinski definition) is 4. The van der Waals surface area contributed by atoms with Crippen LogP contribution in [-0.2, 0) is 15.9 Å².